The van der Waals surface area contributed by atoms with E-state index < -0.39 is 0 Å². The lowest BCUT2D eigenvalue weighted by molar-refractivity contribution is -0.135. The lowest BCUT2D eigenvalue weighted by Gasteiger charge is -2.46. The number of unbranched alkanes of at least 4 members (excludes halogenated alkanes) is 2. The highest BCUT2D eigenvalue weighted by atomic mass is 16.5. The Bertz CT molecular complexity index is 613. The number of carbonyl (C=O) groups is 1. The molecular formula is C21H29NO3. The topological polar surface area (TPSA) is 38.8 Å². The molecule has 0 aromatic heterocycles. The van der Waals surface area contributed by atoms with Gasteiger partial charge < -0.3 is 14.4 Å². The van der Waals surface area contributed by atoms with Crippen molar-refractivity contribution in [3.63, 3.8) is 0 Å². The Kier molecular flexibility index (Phi) is 5.79. The SMILES string of the molecule is CCCCC[C@@]12CCC/C(=C\C(=O)OC)N1[C@@H](c1ccccc1)CO2. The van der Waals surface area contributed by atoms with Crippen LogP contribution in [0.1, 0.15) is 63.5 Å². The van der Waals surface area contributed by atoms with Crippen molar-refractivity contribution in [2.45, 2.75) is 63.6 Å². The molecular weight excluding hydrogens is 314 g/mol. The Hall–Kier alpha value is -1.81. The van der Waals surface area contributed by atoms with E-state index in [-0.39, 0.29) is 17.7 Å². The monoisotopic (exact) mass is 343 g/mol. The van der Waals surface area contributed by atoms with Crippen LogP contribution in [0.15, 0.2) is 42.1 Å². The quantitative estimate of drug-likeness (QED) is 0.431. The van der Waals surface area contributed by atoms with E-state index in [1.807, 2.05) is 6.07 Å². The van der Waals surface area contributed by atoms with Crippen molar-refractivity contribution >= 4 is 5.97 Å². The number of hydrogen-bond acceptors (Lipinski definition) is 4. The van der Waals surface area contributed by atoms with Crippen LogP contribution in [0, 0.1) is 0 Å². The average Bonchev–Trinajstić information content (AvgIpc) is 3.03. The third-order valence-electron chi connectivity index (χ3n) is 5.41. The van der Waals surface area contributed by atoms with Crippen molar-refractivity contribution in [3.8, 4) is 0 Å². The van der Waals surface area contributed by atoms with E-state index >= 15 is 0 Å². The molecule has 4 heteroatoms. The summed E-state index contributed by atoms with van der Waals surface area (Å²) in [6.07, 6.45) is 9.22. The summed E-state index contributed by atoms with van der Waals surface area (Å²) in [7, 11) is 1.44. The van der Waals surface area contributed by atoms with Gasteiger partial charge in [-0.1, -0.05) is 50.1 Å². The number of esters is 1. The largest absolute Gasteiger partial charge is 0.466 e. The van der Waals surface area contributed by atoms with E-state index in [0.717, 1.165) is 37.8 Å². The first kappa shape index (κ1) is 18.0. The molecule has 0 bridgehead atoms. The van der Waals surface area contributed by atoms with Crippen LogP contribution in [-0.4, -0.2) is 30.3 Å². The Labute approximate surface area is 150 Å². The van der Waals surface area contributed by atoms with E-state index in [1.54, 1.807) is 6.08 Å². The molecule has 2 heterocycles. The number of piperidine rings is 1. The molecule has 2 saturated heterocycles. The summed E-state index contributed by atoms with van der Waals surface area (Å²) in [4.78, 5) is 14.3. The van der Waals surface area contributed by atoms with Gasteiger partial charge in [-0.25, -0.2) is 4.79 Å². The zero-order valence-electron chi connectivity index (χ0n) is 15.4. The summed E-state index contributed by atoms with van der Waals surface area (Å²) in [6, 6.07) is 10.6. The minimum atomic E-state index is -0.280. The first-order valence-electron chi connectivity index (χ1n) is 9.47. The van der Waals surface area contributed by atoms with Gasteiger partial charge in [0.1, 0.15) is 5.72 Å². The predicted octanol–water partition coefficient (Wildman–Crippen LogP) is 4.58. The third-order valence-corrected chi connectivity index (χ3v) is 5.41. The van der Waals surface area contributed by atoms with Gasteiger partial charge in [-0.3, -0.25) is 0 Å². The molecule has 136 valence electrons. The second-order valence-corrected chi connectivity index (χ2v) is 7.02. The standard InChI is InChI=1S/C21H29NO3/c1-3-4-8-13-21-14-9-12-18(15-20(23)24-2)22(21)19(16-25-21)17-10-6-5-7-11-17/h5-7,10-11,15,19H,3-4,8-9,12-14,16H2,1-2H3/b18-15+/t19-,21-/m1/s1. The van der Waals surface area contributed by atoms with Crippen molar-refractivity contribution in [1.29, 1.82) is 0 Å². The molecule has 0 aliphatic carbocycles. The van der Waals surface area contributed by atoms with E-state index in [2.05, 4.69) is 36.1 Å². The zero-order valence-corrected chi connectivity index (χ0v) is 15.4. The summed E-state index contributed by atoms with van der Waals surface area (Å²) in [5.74, 6) is -0.280. The molecule has 0 saturated carbocycles. The van der Waals surface area contributed by atoms with Crippen LogP contribution >= 0.6 is 0 Å². The molecule has 0 amide bonds. The van der Waals surface area contributed by atoms with Crippen molar-refractivity contribution in [3.05, 3.63) is 47.7 Å². The molecule has 3 rings (SSSR count). The Morgan fingerprint density at radius 2 is 2.16 bits per heavy atom. The minimum Gasteiger partial charge on any atom is -0.466 e. The molecule has 0 radical (unpaired) electrons. The summed E-state index contributed by atoms with van der Waals surface area (Å²) < 4.78 is 11.3. The predicted molar refractivity (Wildman–Crippen MR) is 97.8 cm³/mol. The van der Waals surface area contributed by atoms with Crippen molar-refractivity contribution in [2.24, 2.45) is 0 Å². The van der Waals surface area contributed by atoms with Gasteiger partial charge in [0.25, 0.3) is 0 Å². The fraction of sp³-hybridized carbons (Fsp3) is 0.571. The maximum atomic E-state index is 11.9. The van der Waals surface area contributed by atoms with Crippen LogP contribution < -0.4 is 0 Å². The van der Waals surface area contributed by atoms with Crippen LogP contribution in [0.2, 0.25) is 0 Å². The molecule has 0 N–H and O–H groups in total. The highest BCUT2D eigenvalue weighted by Crippen LogP contribution is 2.49. The number of rotatable bonds is 6. The van der Waals surface area contributed by atoms with Crippen molar-refractivity contribution in [1.82, 2.24) is 4.90 Å². The number of allylic oxidation sites excluding steroid dienone is 1. The van der Waals surface area contributed by atoms with Crippen LogP contribution in [0.25, 0.3) is 0 Å². The molecule has 4 nitrogen and oxygen atoms in total. The molecule has 1 aromatic carbocycles. The first-order chi connectivity index (χ1) is 12.2. The minimum absolute atomic E-state index is 0.166. The number of nitrogens with zero attached hydrogens (tertiary/aromatic N) is 1. The van der Waals surface area contributed by atoms with Gasteiger partial charge in [0.15, 0.2) is 0 Å². The fourth-order valence-corrected chi connectivity index (χ4v) is 4.21. The van der Waals surface area contributed by atoms with Crippen molar-refractivity contribution < 1.29 is 14.3 Å². The molecule has 0 spiro atoms. The van der Waals surface area contributed by atoms with Gasteiger partial charge in [-0.2, -0.15) is 0 Å². The summed E-state index contributed by atoms with van der Waals surface area (Å²) in [5, 5.41) is 0. The zero-order chi connectivity index (χ0) is 17.7. The second-order valence-electron chi connectivity index (χ2n) is 7.02. The molecule has 25 heavy (non-hydrogen) atoms. The Morgan fingerprint density at radius 3 is 2.88 bits per heavy atom. The maximum Gasteiger partial charge on any atom is 0.332 e. The number of fused-ring (bicyclic) bond motifs is 1. The van der Waals surface area contributed by atoms with Crippen LogP contribution in [0.4, 0.5) is 0 Å². The van der Waals surface area contributed by atoms with Crippen LogP contribution in [0.3, 0.4) is 0 Å². The van der Waals surface area contributed by atoms with Gasteiger partial charge in [0.2, 0.25) is 0 Å². The van der Waals surface area contributed by atoms with Crippen molar-refractivity contribution in [2.75, 3.05) is 13.7 Å². The highest BCUT2D eigenvalue weighted by molar-refractivity contribution is 5.82. The molecule has 2 aliphatic heterocycles. The second kappa shape index (κ2) is 8.05. The Balaban J connectivity index is 1.94. The molecule has 0 unspecified atom stereocenters. The van der Waals surface area contributed by atoms with E-state index in [1.165, 1.54) is 25.5 Å². The van der Waals surface area contributed by atoms with Gasteiger partial charge >= 0.3 is 5.97 Å². The highest BCUT2D eigenvalue weighted by Gasteiger charge is 2.50. The van der Waals surface area contributed by atoms with Gasteiger partial charge in [-0.15, -0.1) is 0 Å². The van der Waals surface area contributed by atoms with E-state index in [4.69, 9.17) is 9.47 Å². The van der Waals surface area contributed by atoms with E-state index in [9.17, 15) is 4.79 Å². The summed E-state index contributed by atoms with van der Waals surface area (Å²) >= 11 is 0. The number of methoxy groups -OCH3 is 1. The third kappa shape index (κ3) is 3.74. The van der Waals surface area contributed by atoms with Gasteiger partial charge in [-0.05, 0) is 37.7 Å². The number of carbonyl (C=O) groups excluding carboxylic acids is 1. The number of ether oxygens (including phenoxy) is 2. The molecule has 2 fully saturated rings. The van der Waals surface area contributed by atoms with Gasteiger partial charge in [0, 0.05) is 11.8 Å². The molecule has 2 aliphatic rings. The van der Waals surface area contributed by atoms with Crippen LogP contribution in [0.5, 0.6) is 0 Å². The first-order valence-corrected chi connectivity index (χ1v) is 9.47. The fourth-order valence-electron chi connectivity index (χ4n) is 4.21. The maximum absolute atomic E-state index is 11.9. The number of hydrogen-bond donors (Lipinski definition) is 0. The van der Waals surface area contributed by atoms with Crippen LogP contribution in [-0.2, 0) is 14.3 Å². The summed E-state index contributed by atoms with van der Waals surface area (Å²) in [5.41, 5.74) is 2.03. The lowest BCUT2D eigenvalue weighted by Crippen LogP contribution is -2.48. The molecule has 1 aromatic rings. The smallest absolute Gasteiger partial charge is 0.332 e. The lowest BCUT2D eigenvalue weighted by atomic mass is 9.89. The average molecular weight is 343 g/mol. The number of benzene rings is 1. The van der Waals surface area contributed by atoms with Gasteiger partial charge in [0.05, 0.1) is 19.8 Å². The van der Waals surface area contributed by atoms with E-state index in [0.29, 0.717) is 6.61 Å². The molecule has 2 atom stereocenters. The Morgan fingerprint density at radius 1 is 1.36 bits per heavy atom. The summed E-state index contributed by atoms with van der Waals surface area (Å²) in [6.45, 7) is 2.90. The normalized spacial score (nSPS) is 27.4.